The molecule has 6 nitrogen and oxygen atoms in total. The van der Waals surface area contributed by atoms with Crippen molar-refractivity contribution in [2.45, 2.75) is 4.90 Å². The molecule has 0 spiro atoms. The van der Waals surface area contributed by atoms with Gasteiger partial charge in [-0.25, -0.2) is 13.2 Å². The Hall–Kier alpha value is -0.600. The first-order valence-electron chi connectivity index (χ1n) is 3.80. The molecule has 16 heavy (non-hydrogen) atoms. The molecule has 1 aromatic rings. The summed E-state index contributed by atoms with van der Waals surface area (Å²) < 4.78 is 36.3. The van der Waals surface area contributed by atoms with E-state index in [-0.39, 0.29) is 40.2 Å². The van der Waals surface area contributed by atoms with Crippen LogP contribution in [0.3, 0.4) is 0 Å². The molecule has 0 radical (unpaired) electrons. The van der Waals surface area contributed by atoms with Crippen LogP contribution < -0.4 is 34.3 Å². The van der Waals surface area contributed by atoms with Crippen LogP contribution in [0.25, 0.3) is 0 Å². The maximum Gasteiger partial charge on any atom is 1.00 e. The summed E-state index contributed by atoms with van der Waals surface area (Å²) in [6.45, 7) is -0.524. The Kier molecular flexibility index (Phi) is 5.98. The van der Waals surface area contributed by atoms with Crippen molar-refractivity contribution in [2.75, 3.05) is 6.61 Å². The topological polar surface area (TPSA) is 104 Å². The van der Waals surface area contributed by atoms with Crippen LogP contribution in [0.4, 0.5) is 0 Å². The van der Waals surface area contributed by atoms with Gasteiger partial charge in [-0.05, 0) is 24.3 Å². The minimum Gasteiger partial charge on any atom is -0.744 e. The van der Waals surface area contributed by atoms with Crippen molar-refractivity contribution in [3.63, 3.8) is 0 Å². The molecule has 0 aromatic heterocycles. The van der Waals surface area contributed by atoms with E-state index in [9.17, 15) is 17.8 Å². The third kappa shape index (κ3) is 4.95. The molecule has 0 amide bonds. The Morgan fingerprint density at radius 2 is 1.81 bits per heavy atom. The van der Waals surface area contributed by atoms with Gasteiger partial charge in [-0.1, -0.05) is 0 Å². The summed E-state index contributed by atoms with van der Waals surface area (Å²) in [5.74, 6) is -0.958. The number of ether oxygens (including phenoxy) is 1. The van der Waals surface area contributed by atoms with Crippen LogP contribution in [0.2, 0.25) is 0 Å². The number of aliphatic carboxylic acids is 1. The van der Waals surface area contributed by atoms with E-state index >= 15 is 0 Å². The van der Waals surface area contributed by atoms with Gasteiger partial charge in [0.15, 0.2) is 6.61 Å². The molecule has 0 unspecified atom stereocenters. The van der Waals surface area contributed by atoms with E-state index in [1.165, 1.54) is 12.1 Å². The van der Waals surface area contributed by atoms with Crippen LogP contribution in [0, 0.1) is 0 Å². The zero-order chi connectivity index (χ0) is 11.5. The zero-order valence-corrected chi connectivity index (χ0v) is 11.2. The molecule has 0 aliphatic carbocycles. The molecule has 0 saturated carbocycles. The molecule has 1 aromatic carbocycles. The third-order valence-corrected chi connectivity index (χ3v) is 2.32. The fraction of sp³-hybridized carbons (Fsp3) is 0.125. The molecule has 0 aliphatic rings. The first-order chi connectivity index (χ1) is 6.89. The van der Waals surface area contributed by atoms with Gasteiger partial charge < -0.3 is 14.4 Å². The van der Waals surface area contributed by atoms with E-state index in [1.54, 1.807) is 0 Å². The summed E-state index contributed by atoms with van der Waals surface area (Å²) in [6, 6.07) is 4.54. The molecule has 0 fully saturated rings. The first kappa shape index (κ1) is 15.4. The second-order valence-electron chi connectivity index (χ2n) is 2.61. The summed E-state index contributed by atoms with van der Waals surface area (Å²) >= 11 is 0. The zero-order valence-electron chi connectivity index (χ0n) is 8.41. The minimum atomic E-state index is -4.47. The van der Waals surface area contributed by atoms with E-state index in [0.717, 1.165) is 12.1 Å². The van der Waals surface area contributed by atoms with Crippen LogP contribution in [0.5, 0.6) is 5.75 Å². The average molecular weight is 254 g/mol. The Balaban J connectivity index is 0.00000225. The first-order valence-corrected chi connectivity index (χ1v) is 5.21. The van der Waals surface area contributed by atoms with Crippen LogP contribution in [-0.2, 0) is 14.9 Å². The Bertz CT molecular complexity index is 452. The Labute approximate surface area is 114 Å². The van der Waals surface area contributed by atoms with Gasteiger partial charge in [0.1, 0.15) is 15.9 Å². The summed E-state index contributed by atoms with van der Waals surface area (Å²) in [4.78, 5) is 9.74. The van der Waals surface area contributed by atoms with Crippen molar-refractivity contribution in [3.8, 4) is 5.75 Å². The third-order valence-electron chi connectivity index (χ3n) is 1.47. The summed E-state index contributed by atoms with van der Waals surface area (Å²) in [5.41, 5.74) is 0. The molecule has 0 aliphatic heterocycles. The number of hydrogen-bond donors (Lipinski definition) is 1. The van der Waals surface area contributed by atoms with E-state index < -0.39 is 22.7 Å². The maximum atomic E-state index is 10.5. The van der Waals surface area contributed by atoms with Crippen LogP contribution >= 0.6 is 0 Å². The molecule has 82 valence electrons. The molecule has 0 saturated heterocycles. The van der Waals surface area contributed by atoms with Crippen LogP contribution in [0.1, 0.15) is 0 Å². The molecule has 0 atom stereocenters. The van der Waals surface area contributed by atoms with Crippen molar-refractivity contribution in [3.05, 3.63) is 24.3 Å². The number of hydrogen-bond acceptors (Lipinski definition) is 5. The predicted molar refractivity (Wildman–Crippen MR) is 47.5 cm³/mol. The monoisotopic (exact) mass is 254 g/mol. The number of carboxylic acid groups (broad SMARTS) is 1. The van der Waals surface area contributed by atoms with Gasteiger partial charge in [0, 0.05) is 0 Å². The maximum absolute atomic E-state index is 10.5. The van der Waals surface area contributed by atoms with Crippen molar-refractivity contribution < 1.29 is 57.2 Å². The molecule has 1 N–H and O–H groups in total. The number of rotatable bonds is 4. The molecule has 8 heteroatoms. The fourth-order valence-electron chi connectivity index (χ4n) is 0.848. The Morgan fingerprint density at radius 1 is 1.31 bits per heavy atom. The van der Waals surface area contributed by atoms with Gasteiger partial charge in [-0.15, -0.1) is 0 Å². The molecule has 1 rings (SSSR count). The fourth-order valence-corrected chi connectivity index (χ4v) is 1.32. The summed E-state index contributed by atoms with van der Waals surface area (Å²) in [6.07, 6.45) is 0. The van der Waals surface area contributed by atoms with Crippen molar-refractivity contribution in [2.24, 2.45) is 0 Å². The standard InChI is InChI=1S/C8H8O6S.Na/c9-8(10)5-14-6-1-3-7(4-2-6)15(11,12)13;/h1-4H,5H2,(H,9,10)(H,11,12,13);/q;+1/p-1. The number of benzene rings is 1. The van der Waals surface area contributed by atoms with Gasteiger partial charge in [-0.3, -0.25) is 0 Å². The summed E-state index contributed by atoms with van der Waals surface area (Å²) in [5, 5.41) is 8.29. The van der Waals surface area contributed by atoms with Crippen molar-refractivity contribution >= 4 is 16.1 Å². The van der Waals surface area contributed by atoms with Gasteiger partial charge in [-0.2, -0.15) is 0 Å². The van der Waals surface area contributed by atoms with Crippen molar-refractivity contribution in [1.82, 2.24) is 0 Å². The quantitative estimate of drug-likeness (QED) is 0.455. The molecule has 0 heterocycles. The normalized spacial score (nSPS) is 10.3. The molecular weight excluding hydrogens is 247 g/mol. The van der Waals surface area contributed by atoms with E-state index in [1.807, 2.05) is 0 Å². The van der Waals surface area contributed by atoms with Crippen molar-refractivity contribution in [1.29, 1.82) is 0 Å². The SMILES string of the molecule is O=C(O)COc1ccc(S(=O)(=O)[O-])cc1.[Na+]. The Morgan fingerprint density at radius 3 is 2.19 bits per heavy atom. The van der Waals surface area contributed by atoms with E-state index in [4.69, 9.17) is 9.84 Å². The number of carbonyl (C=O) groups is 1. The van der Waals surface area contributed by atoms with E-state index in [2.05, 4.69) is 0 Å². The number of carboxylic acids is 1. The van der Waals surface area contributed by atoms with Crippen LogP contribution in [0.15, 0.2) is 29.2 Å². The van der Waals surface area contributed by atoms with Gasteiger partial charge in [0.05, 0.1) is 4.90 Å². The second-order valence-corrected chi connectivity index (χ2v) is 3.99. The molecular formula is C8H7NaO6S. The largest absolute Gasteiger partial charge is 1.00 e. The van der Waals surface area contributed by atoms with Crippen LogP contribution in [-0.4, -0.2) is 30.7 Å². The van der Waals surface area contributed by atoms with Gasteiger partial charge in [0.2, 0.25) is 0 Å². The molecule has 0 bridgehead atoms. The minimum absolute atomic E-state index is 0. The summed E-state index contributed by atoms with van der Waals surface area (Å²) in [7, 11) is -4.47. The second kappa shape index (κ2) is 6.21. The van der Waals surface area contributed by atoms with Gasteiger partial charge in [0.25, 0.3) is 0 Å². The predicted octanol–water partition coefficient (Wildman–Crippen LogP) is -2.94. The smallest absolute Gasteiger partial charge is 0.744 e. The van der Waals surface area contributed by atoms with Gasteiger partial charge >= 0.3 is 35.5 Å². The van der Waals surface area contributed by atoms with E-state index in [0.29, 0.717) is 0 Å². The average Bonchev–Trinajstić information content (AvgIpc) is 2.14.